The van der Waals surface area contributed by atoms with E-state index in [1.54, 1.807) is 0 Å². The lowest BCUT2D eigenvalue weighted by Crippen LogP contribution is -2.36. The molecule has 1 fully saturated rings. The number of carbonyl (C=O) groups is 1. The molecule has 0 aromatic heterocycles. The van der Waals surface area contributed by atoms with Crippen molar-refractivity contribution in [1.82, 2.24) is 5.32 Å². The van der Waals surface area contributed by atoms with Gasteiger partial charge in [0.05, 0.1) is 0 Å². The Bertz CT molecular complexity index is 225. The van der Waals surface area contributed by atoms with E-state index in [0.717, 1.165) is 45.1 Å². The van der Waals surface area contributed by atoms with E-state index in [-0.39, 0.29) is 18.4 Å². The molecule has 0 aromatic rings. The molecule has 0 heterocycles. The van der Waals surface area contributed by atoms with Crippen LogP contribution in [0.2, 0.25) is 0 Å². The molecular formula is C13H26N2O2. The topological polar surface area (TPSA) is 75.3 Å². The highest BCUT2D eigenvalue weighted by atomic mass is 16.3. The van der Waals surface area contributed by atoms with Crippen molar-refractivity contribution in [3.63, 3.8) is 0 Å². The highest BCUT2D eigenvalue weighted by Gasteiger charge is 2.23. The maximum Gasteiger partial charge on any atom is 0.223 e. The van der Waals surface area contributed by atoms with Crippen LogP contribution in [0.15, 0.2) is 0 Å². The third-order valence-corrected chi connectivity index (χ3v) is 3.63. The van der Waals surface area contributed by atoms with Gasteiger partial charge in [0.2, 0.25) is 5.91 Å². The van der Waals surface area contributed by atoms with Gasteiger partial charge in [-0.05, 0) is 44.4 Å². The summed E-state index contributed by atoms with van der Waals surface area (Å²) in [7, 11) is 0. The molecule has 4 heteroatoms. The van der Waals surface area contributed by atoms with Gasteiger partial charge in [-0.15, -0.1) is 0 Å². The second kappa shape index (κ2) is 7.67. The minimum atomic E-state index is 0.171. The molecule has 0 aliphatic heterocycles. The smallest absolute Gasteiger partial charge is 0.223 e. The Morgan fingerprint density at radius 2 is 2.06 bits per heavy atom. The molecule has 1 saturated carbocycles. The van der Waals surface area contributed by atoms with Crippen LogP contribution < -0.4 is 11.1 Å². The molecule has 1 amide bonds. The fourth-order valence-electron chi connectivity index (χ4n) is 2.28. The molecule has 0 bridgehead atoms. The highest BCUT2D eigenvalue weighted by molar-refractivity contribution is 5.78. The molecule has 17 heavy (non-hydrogen) atoms. The maximum atomic E-state index is 11.8. The predicted molar refractivity (Wildman–Crippen MR) is 68.4 cm³/mol. The van der Waals surface area contributed by atoms with Crippen LogP contribution >= 0.6 is 0 Å². The molecule has 0 aromatic carbocycles. The molecule has 0 spiro atoms. The summed E-state index contributed by atoms with van der Waals surface area (Å²) in [6, 6.07) is 0.296. The van der Waals surface area contributed by atoms with Gasteiger partial charge in [0.15, 0.2) is 0 Å². The lowest BCUT2D eigenvalue weighted by molar-refractivity contribution is -0.126. The fourth-order valence-corrected chi connectivity index (χ4v) is 2.28. The Morgan fingerprint density at radius 1 is 1.41 bits per heavy atom. The average Bonchev–Trinajstić information content (AvgIpc) is 2.34. The Morgan fingerprint density at radius 3 is 2.65 bits per heavy atom. The van der Waals surface area contributed by atoms with E-state index in [4.69, 9.17) is 10.8 Å². The van der Waals surface area contributed by atoms with Crippen LogP contribution in [0, 0.1) is 11.8 Å². The molecule has 0 radical (unpaired) electrons. The zero-order chi connectivity index (χ0) is 12.7. The van der Waals surface area contributed by atoms with Crippen molar-refractivity contribution >= 4 is 5.91 Å². The van der Waals surface area contributed by atoms with Gasteiger partial charge in [-0.2, -0.15) is 0 Å². The van der Waals surface area contributed by atoms with Crippen molar-refractivity contribution in [2.45, 2.75) is 51.5 Å². The SMILES string of the molecule is CC(CO)CCCNC(=O)C1CCC(N)CC1. The van der Waals surface area contributed by atoms with E-state index in [1.165, 1.54) is 0 Å². The van der Waals surface area contributed by atoms with Crippen molar-refractivity contribution in [3.8, 4) is 0 Å². The van der Waals surface area contributed by atoms with Gasteiger partial charge in [0.25, 0.3) is 0 Å². The van der Waals surface area contributed by atoms with Crippen molar-refractivity contribution in [2.75, 3.05) is 13.2 Å². The van der Waals surface area contributed by atoms with Gasteiger partial charge < -0.3 is 16.2 Å². The number of nitrogens with one attached hydrogen (secondary N) is 1. The molecule has 100 valence electrons. The van der Waals surface area contributed by atoms with Gasteiger partial charge in [0.1, 0.15) is 0 Å². The number of carbonyl (C=O) groups excluding carboxylic acids is 1. The summed E-state index contributed by atoms with van der Waals surface area (Å²) < 4.78 is 0. The number of rotatable bonds is 6. The lowest BCUT2D eigenvalue weighted by atomic mass is 9.86. The first-order chi connectivity index (χ1) is 8.13. The number of amides is 1. The zero-order valence-electron chi connectivity index (χ0n) is 10.8. The molecule has 1 rings (SSSR count). The second-order valence-electron chi connectivity index (χ2n) is 5.33. The van der Waals surface area contributed by atoms with E-state index >= 15 is 0 Å². The Hall–Kier alpha value is -0.610. The number of aliphatic hydroxyl groups excluding tert-OH is 1. The van der Waals surface area contributed by atoms with Crippen molar-refractivity contribution in [3.05, 3.63) is 0 Å². The van der Waals surface area contributed by atoms with E-state index in [9.17, 15) is 4.79 Å². The second-order valence-corrected chi connectivity index (χ2v) is 5.33. The van der Waals surface area contributed by atoms with E-state index in [2.05, 4.69) is 5.32 Å². The number of hydrogen-bond donors (Lipinski definition) is 3. The normalized spacial score (nSPS) is 26.5. The molecule has 1 unspecified atom stereocenters. The molecule has 4 nitrogen and oxygen atoms in total. The van der Waals surface area contributed by atoms with E-state index in [1.807, 2.05) is 6.92 Å². The summed E-state index contributed by atoms with van der Waals surface area (Å²) in [5, 5.41) is 11.9. The van der Waals surface area contributed by atoms with Crippen LogP contribution in [-0.2, 0) is 4.79 Å². The molecule has 1 atom stereocenters. The first-order valence-electron chi connectivity index (χ1n) is 6.77. The van der Waals surface area contributed by atoms with Crippen LogP contribution in [0.5, 0.6) is 0 Å². The third kappa shape index (κ3) is 5.50. The molecule has 1 aliphatic rings. The lowest BCUT2D eigenvalue weighted by Gasteiger charge is -2.25. The molecular weight excluding hydrogens is 216 g/mol. The number of nitrogens with two attached hydrogens (primary N) is 1. The minimum Gasteiger partial charge on any atom is -0.396 e. The number of aliphatic hydroxyl groups is 1. The van der Waals surface area contributed by atoms with Gasteiger partial charge in [-0.25, -0.2) is 0 Å². The molecule has 0 saturated heterocycles. The highest BCUT2D eigenvalue weighted by Crippen LogP contribution is 2.23. The van der Waals surface area contributed by atoms with E-state index in [0.29, 0.717) is 12.0 Å². The first-order valence-corrected chi connectivity index (χ1v) is 6.77. The van der Waals surface area contributed by atoms with Crippen LogP contribution in [-0.4, -0.2) is 30.2 Å². The van der Waals surface area contributed by atoms with Gasteiger partial charge in [-0.3, -0.25) is 4.79 Å². The fraction of sp³-hybridized carbons (Fsp3) is 0.923. The minimum absolute atomic E-state index is 0.171. The monoisotopic (exact) mass is 242 g/mol. The molecule has 1 aliphatic carbocycles. The Kier molecular flexibility index (Phi) is 6.52. The van der Waals surface area contributed by atoms with Crippen LogP contribution in [0.25, 0.3) is 0 Å². The van der Waals surface area contributed by atoms with Crippen LogP contribution in [0.3, 0.4) is 0 Å². The summed E-state index contributed by atoms with van der Waals surface area (Å²) >= 11 is 0. The first kappa shape index (κ1) is 14.5. The maximum absolute atomic E-state index is 11.8. The van der Waals surface area contributed by atoms with Crippen molar-refractivity contribution < 1.29 is 9.90 Å². The van der Waals surface area contributed by atoms with Gasteiger partial charge in [0, 0.05) is 25.1 Å². The van der Waals surface area contributed by atoms with Crippen LogP contribution in [0.4, 0.5) is 0 Å². The quantitative estimate of drug-likeness (QED) is 0.609. The standard InChI is InChI=1S/C13H26N2O2/c1-10(9-16)3-2-8-15-13(17)11-4-6-12(14)7-5-11/h10-12,16H,2-9,14H2,1H3,(H,15,17). The molecule has 4 N–H and O–H groups in total. The van der Waals surface area contributed by atoms with Gasteiger partial charge >= 0.3 is 0 Å². The van der Waals surface area contributed by atoms with Crippen molar-refractivity contribution in [1.29, 1.82) is 0 Å². The van der Waals surface area contributed by atoms with Crippen LogP contribution in [0.1, 0.15) is 45.4 Å². The summed E-state index contributed by atoms with van der Waals surface area (Å²) in [6.07, 6.45) is 5.71. The summed E-state index contributed by atoms with van der Waals surface area (Å²) in [6.45, 7) is 2.98. The number of hydrogen-bond acceptors (Lipinski definition) is 3. The third-order valence-electron chi connectivity index (χ3n) is 3.63. The summed E-state index contributed by atoms with van der Waals surface area (Å²) in [4.78, 5) is 11.8. The zero-order valence-corrected chi connectivity index (χ0v) is 10.8. The Labute approximate surface area is 104 Å². The van der Waals surface area contributed by atoms with Crippen molar-refractivity contribution in [2.24, 2.45) is 17.6 Å². The predicted octanol–water partition coefficient (Wildman–Crippen LogP) is 1.03. The average molecular weight is 242 g/mol. The van der Waals surface area contributed by atoms with E-state index < -0.39 is 0 Å². The summed E-state index contributed by atoms with van der Waals surface area (Å²) in [5.74, 6) is 0.693. The largest absolute Gasteiger partial charge is 0.396 e. The Balaban J connectivity index is 2.08. The van der Waals surface area contributed by atoms with Gasteiger partial charge in [-0.1, -0.05) is 6.92 Å². The summed E-state index contributed by atoms with van der Waals surface area (Å²) in [5.41, 5.74) is 5.81.